The summed E-state index contributed by atoms with van der Waals surface area (Å²) in [5.74, 6) is 0.663. The highest BCUT2D eigenvalue weighted by Gasteiger charge is 2.39. The van der Waals surface area contributed by atoms with Gasteiger partial charge in [-0.2, -0.15) is 0 Å². The number of allylic oxidation sites excluding steroid dienone is 1. The SMILES string of the molecule is C=CC.Cc1nnc(CN2C(=O)COC(c3cccc(Cl)c3)C2c2ccc(Cl)cc2)o1. The highest BCUT2D eigenvalue weighted by atomic mass is 35.5. The summed E-state index contributed by atoms with van der Waals surface area (Å²) < 4.78 is 11.5. The molecule has 0 bridgehead atoms. The van der Waals surface area contributed by atoms with E-state index in [2.05, 4.69) is 16.8 Å². The lowest BCUT2D eigenvalue weighted by molar-refractivity contribution is -0.160. The van der Waals surface area contributed by atoms with Gasteiger partial charge in [0.15, 0.2) is 0 Å². The Morgan fingerprint density at radius 3 is 2.45 bits per heavy atom. The summed E-state index contributed by atoms with van der Waals surface area (Å²) in [5.41, 5.74) is 1.77. The van der Waals surface area contributed by atoms with Crippen molar-refractivity contribution in [2.24, 2.45) is 0 Å². The fourth-order valence-electron chi connectivity index (χ4n) is 3.36. The van der Waals surface area contributed by atoms with Crippen LogP contribution in [0.2, 0.25) is 10.0 Å². The number of aryl methyl sites for hydroxylation is 1. The van der Waals surface area contributed by atoms with Gasteiger partial charge in [0.1, 0.15) is 12.7 Å². The molecule has 2 heterocycles. The maximum absolute atomic E-state index is 12.8. The van der Waals surface area contributed by atoms with Crippen molar-refractivity contribution in [3.63, 3.8) is 0 Å². The number of amides is 1. The molecule has 31 heavy (non-hydrogen) atoms. The van der Waals surface area contributed by atoms with E-state index in [9.17, 15) is 4.79 Å². The van der Waals surface area contributed by atoms with Crippen molar-refractivity contribution in [1.82, 2.24) is 15.1 Å². The number of ether oxygens (including phenoxy) is 1. The van der Waals surface area contributed by atoms with E-state index in [1.165, 1.54) is 0 Å². The smallest absolute Gasteiger partial charge is 0.249 e. The first-order valence-electron chi connectivity index (χ1n) is 9.71. The number of benzene rings is 2. The molecule has 0 spiro atoms. The van der Waals surface area contributed by atoms with Crippen LogP contribution in [-0.4, -0.2) is 27.6 Å². The van der Waals surface area contributed by atoms with Gasteiger partial charge in [-0.15, -0.1) is 16.8 Å². The summed E-state index contributed by atoms with van der Waals surface area (Å²) in [5, 5.41) is 9.11. The van der Waals surface area contributed by atoms with Gasteiger partial charge < -0.3 is 14.1 Å². The van der Waals surface area contributed by atoms with E-state index in [1.54, 1.807) is 36.1 Å². The molecule has 0 aliphatic carbocycles. The van der Waals surface area contributed by atoms with Crippen LogP contribution in [0.1, 0.15) is 42.0 Å². The van der Waals surface area contributed by atoms with Crippen molar-refractivity contribution in [2.75, 3.05) is 6.61 Å². The van der Waals surface area contributed by atoms with Crippen molar-refractivity contribution >= 4 is 29.1 Å². The number of carbonyl (C=O) groups excluding carboxylic acids is 1. The number of rotatable bonds is 4. The number of hydrogen-bond donors (Lipinski definition) is 0. The molecule has 1 aliphatic heterocycles. The zero-order chi connectivity index (χ0) is 22.4. The van der Waals surface area contributed by atoms with Crippen LogP contribution < -0.4 is 0 Å². The summed E-state index contributed by atoms with van der Waals surface area (Å²) in [6.45, 7) is 7.10. The number of halogens is 2. The molecular formula is C23H23Cl2N3O3. The molecule has 0 N–H and O–H groups in total. The Kier molecular flexibility index (Phi) is 7.85. The highest BCUT2D eigenvalue weighted by molar-refractivity contribution is 6.30. The fourth-order valence-corrected chi connectivity index (χ4v) is 3.69. The van der Waals surface area contributed by atoms with Gasteiger partial charge in [0.2, 0.25) is 17.7 Å². The zero-order valence-corrected chi connectivity index (χ0v) is 18.8. The summed E-state index contributed by atoms with van der Waals surface area (Å²) in [6.07, 6.45) is 1.35. The third-order valence-electron chi connectivity index (χ3n) is 4.59. The lowest BCUT2D eigenvalue weighted by atomic mass is 9.92. The topological polar surface area (TPSA) is 68.5 Å². The second-order valence-electron chi connectivity index (χ2n) is 6.93. The second kappa shape index (κ2) is 10.6. The van der Waals surface area contributed by atoms with Crippen molar-refractivity contribution < 1.29 is 13.9 Å². The van der Waals surface area contributed by atoms with Gasteiger partial charge in [-0.05, 0) is 42.3 Å². The number of morpholine rings is 1. The predicted molar refractivity (Wildman–Crippen MR) is 120 cm³/mol. The minimum Gasteiger partial charge on any atom is -0.424 e. The van der Waals surface area contributed by atoms with E-state index in [0.717, 1.165) is 11.1 Å². The van der Waals surface area contributed by atoms with Crippen molar-refractivity contribution in [2.45, 2.75) is 32.5 Å². The van der Waals surface area contributed by atoms with Crippen LogP contribution >= 0.6 is 23.2 Å². The Morgan fingerprint density at radius 2 is 1.84 bits per heavy atom. The minimum absolute atomic E-state index is 0.0472. The summed E-state index contributed by atoms with van der Waals surface area (Å²) >= 11 is 12.2. The molecule has 2 aromatic carbocycles. The van der Waals surface area contributed by atoms with Gasteiger partial charge >= 0.3 is 0 Å². The number of nitrogens with zero attached hydrogens (tertiary/aromatic N) is 3. The molecule has 162 valence electrons. The monoisotopic (exact) mass is 459 g/mol. The predicted octanol–water partition coefficient (Wildman–Crippen LogP) is 5.72. The fraction of sp³-hybridized carbons (Fsp3) is 0.261. The molecular weight excluding hydrogens is 437 g/mol. The van der Waals surface area contributed by atoms with Crippen LogP contribution in [0.4, 0.5) is 0 Å². The maximum atomic E-state index is 12.8. The van der Waals surface area contributed by atoms with Crippen LogP contribution in [0.15, 0.2) is 65.6 Å². The van der Waals surface area contributed by atoms with Gasteiger partial charge in [0.05, 0.1) is 12.6 Å². The molecule has 3 aromatic rings. The summed E-state index contributed by atoms with van der Waals surface area (Å²) in [6, 6.07) is 14.4. The highest BCUT2D eigenvalue weighted by Crippen LogP contribution is 2.41. The molecule has 1 aromatic heterocycles. The molecule has 0 saturated carbocycles. The molecule has 2 atom stereocenters. The maximum Gasteiger partial charge on any atom is 0.249 e. The van der Waals surface area contributed by atoms with Crippen molar-refractivity contribution in [1.29, 1.82) is 0 Å². The Morgan fingerprint density at radius 1 is 1.13 bits per heavy atom. The average Bonchev–Trinajstić information content (AvgIpc) is 3.15. The number of aromatic nitrogens is 2. The first-order valence-corrected chi connectivity index (χ1v) is 10.5. The van der Waals surface area contributed by atoms with Crippen LogP contribution in [0.25, 0.3) is 0 Å². The van der Waals surface area contributed by atoms with E-state index in [4.69, 9.17) is 32.4 Å². The number of hydrogen-bond acceptors (Lipinski definition) is 5. The van der Waals surface area contributed by atoms with Crippen LogP contribution in [0.5, 0.6) is 0 Å². The van der Waals surface area contributed by atoms with Crippen LogP contribution in [-0.2, 0) is 16.1 Å². The van der Waals surface area contributed by atoms with E-state index >= 15 is 0 Å². The zero-order valence-electron chi connectivity index (χ0n) is 17.3. The normalized spacial score (nSPS) is 18.3. The first kappa shape index (κ1) is 23.0. The third kappa shape index (κ3) is 5.73. The van der Waals surface area contributed by atoms with Gasteiger partial charge in [-0.3, -0.25) is 4.79 Å². The van der Waals surface area contributed by atoms with Gasteiger partial charge in [0.25, 0.3) is 0 Å². The van der Waals surface area contributed by atoms with Gasteiger partial charge in [-0.25, -0.2) is 0 Å². The summed E-state index contributed by atoms with van der Waals surface area (Å²) in [7, 11) is 0. The van der Waals surface area contributed by atoms with E-state index in [0.29, 0.717) is 21.8 Å². The minimum atomic E-state index is -0.401. The van der Waals surface area contributed by atoms with E-state index in [-0.39, 0.29) is 19.1 Å². The molecule has 1 amide bonds. The van der Waals surface area contributed by atoms with Crippen molar-refractivity contribution in [3.05, 3.63) is 94.1 Å². The Labute approximate surface area is 191 Å². The van der Waals surface area contributed by atoms with Crippen molar-refractivity contribution in [3.8, 4) is 0 Å². The molecule has 1 fully saturated rings. The molecule has 4 rings (SSSR count). The van der Waals surface area contributed by atoms with Gasteiger partial charge in [-0.1, -0.05) is 53.5 Å². The summed E-state index contributed by atoms with van der Waals surface area (Å²) in [4.78, 5) is 14.5. The second-order valence-corrected chi connectivity index (χ2v) is 7.80. The Balaban J connectivity index is 0.000000858. The lowest BCUT2D eigenvalue weighted by Gasteiger charge is -2.41. The molecule has 1 aliphatic rings. The van der Waals surface area contributed by atoms with Gasteiger partial charge in [0, 0.05) is 17.0 Å². The first-order chi connectivity index (χ1) is 14.9. The lowest BCUT2D eigenvalue weighted by Crippen LogP contribution is -2.45. The third-order valence-corrected chi connectivity index (χ3v) is 5.08. The Hall–Kier alpha value is -2.67. The Bertz CT molecular complexity index is 1040. The largest absolute Gasteiger partial charge is 0.424 e. The van der Waals surface area contributed by atoms with E-state index in [1.807, 2.05) is 37.3 Å². The molecule has 1 saturated heterocycles. The molecule has 8 heteroatoms. The molecule has 2 unspecified atom stereocenters. The molecule has 6 nitrogen and oxygen atoms in total. The standard InChI is InChI=1S/C20H17Cl2N3O3.C3H6/c1-12-23-24-17(28-12)10-25-18(26)11-27-20(14-3-2-4-16(22)9-14)19(25)13-5-7-15(21)8-6-13;1-3-2/h2-9,19-20H,10-11H2,1H3;3H,1H2,2H3. The van der Waals surface area contributed by atoms with Crippen LogP contribution in [0.3, 0.4) is 0 Å². The quantitative estimate of drug-likeness (QED) is 0.466. The van der Waals surface area contributed by atoms with E-state index < -0.39 is 12.1 Å². The number of carbonyl (C=O) groups is 1. The average molecular weight is 460 g/mol. The van der Waals surface area contributed by atoms with Crippen LogP contribution in [0, 0.1) is 6.92 Å². The molecule has 0 radical (unpaired) electrons.